The fraction of sp³-hybridized carbons (Fsp3) is 0.280. The van der Waals surface area contributed by atoms with Crippen molar-refractivity contribution in [3.8, 4) is 28.8 Å². The quantitative estimate of drug-likeness (QED) is 0.517. The lowest BCUT2D eigenvalue weighted by Crippen LogP contribution is -2.35. The molecule has 0 aliphatic carbocycles. The number of hydrogen-bond acceptors (Lipinski definition) is 8. The maximum Gasteiger partial charge on any atom is 0.251 e. The Morgan fingerprint density at radius 1 is 1.26 bits per heavy atom. The van der Waals surface area contributed by atoms with E-state index in [0.29, 0.717) is 40.1 Å². The van der Waals surface area contributed by atoms with Crippen LogP contribution in [0.1, 0.15) is 28.4 Å². The van der Waals surface area contributed by atoms with Gasteiger partial charge in [-0.1, -0.05) is 12.1 Å². The van der Waals surface area contributed by atoms with E-state index in [1.165, 1.54) is 18.4 Å². The van der Waals surface area contributed by atoms with Crippen LogP contribution in [0.4, 0.5) is 5.13 Å². The number of nitriles is 1. The molecular weight excluding hydrogens is 468 g/mol. The molecule has 0 unspecified atom stereocenters. The SMILES string of the molecule is COc1cccc(-c2csc(NC(=O)CNC(=O)c3cc(OC)c4c(c3)[C@](C)(C#N)COC4)n2)c1. The molecule has 9 nitrogen and oxygen atoms in total. The Kier molecular flexibility index (Phi) is 7.00. The molecule has 4 rings (SSSR count). The number of benzene rings is 2. The zero-order valence-electron chi connectivity index (χ0n) is 19.5. The minimum absolute atomic E-state index is 0.221. The molecule has 1 atom stereocenters. The molecule has 0 saturated heterocycles. The molecule has 180 valence electrons. The molecular formula is C25H24N4O5S. The average molecular weight is 493 g/mol. The van der Waals surface area contributed by atoms with E-state index in [2.05, 4.69) is 21.7 Å². The van der Waals surface area contributed by atoms with Gasteiger partial charge in [0.15, 0.2) is 5.13 Å². The van der Waals surface area contributed by atoms with E-state index in [4.69, 9.17) is 14.2 Å². The van der Waals surface area contributed by atoms with Gasteiger partial charge in [0.1, 0.15) is 16.9 Å². The average Bonchev–Trinajstić information content (AvgIpc) is 3.35. The first kappa shape index (κ1) is 24.2. The van der Waals surface area contributed by atoms with Crippen molar-refractivity contribution in [2.75, 3.05) is 32.7 Å². The predicted octanol–water partition coefficient (Wildman–Crippen LogP) is 3.51. The molecule has 0 bridgehead atoms. The fourth-order valence-corrected chi connectivity index (χ4v) is 4.54. The van der Waals surface area contributed by atoms with Crippen LogP contribution in [0, 0.1) is 11.3 Å². The molecule has 3 aromatic rings. The highest BCUT2D eigenvalue weighted by atomic mass is 32.1. The number of rotatable bonds is 7. The van der Waals surface area contributed by atoms with Gasteiger partial charge in [0, 0.05) is 22.1 Å². The Hall–Kier alpha value is -3.94. The molecule has 2 amide bonds. The highest BCUT2D eigenvalue weighted by molar-refractivity contribution is 7.14. The summed E-state index contributed by atoms with van der Waals surface area (Å²) >= 11 is 1.28. The van der Waals surface area contributed by atoms with Gasteiger partial charge in [-0.25, -0.2) is 4.98 Å². The summed E-state index contributed by atoms with van der Waals surface area (Å²) in [6.45, 7) is 2.03. The highest BCUT2D eigenvalue weighted by Crippen LogP contribution is 2.38. The number of nitrogens with one attached hydrogen (secondary N) is 2. The normalized spacial score (nSPS) is 16.5. The summed E-state index contributed by atoms with van der Waals surface area (Å²) in [5.41, 5.74) is 2.40. The lowest BCUT2D eigenvalue weighted by atomic mass is 9.79. The molecule has 1 aromatic heterocycles. The number of nitrogens with zero attached hydrogens (tertiary/aromatic N) is 2. The van der Waals surface area contributed by atoms with E-state index in [-0.39, 0.29) is 13.2 Å². The van der Waals surface area contributed by atoms with Gasteiger partial charge in [0.25, 0.3) is 5.91 Å². The first-order chi connectivity index (χ1) is 16.9. The molecule has 2 aromatic carbocycles. The lowest BCUT2D eigenvalue weighted by Gasteiger charge is -2.31. The Morgan fingerprint density at radius 2 is 2.09 bits per heavy atom. The first-order valence-electron chi connectivity index (χ1n) is 10.7. The first-order valence-corrected chi connectivity index (χ1v) is 11.6. The summed E-state index contributed by atoms with van der Waals surface area (Å²) < 4.78 is 16.2. The van der Waals surface area contributed by atoms with E-state index in [1.807, 2.05) is 29.6 Å². The Morgan fingerprint density at radius 3 is 2.83 bits per heavy atom. The van der Waals surface area contributed by atoms with Gasteiger partial charge in [-0.2, -0.15) is 5.26 Å². The number of ether oxygens (including phenoxy) is 3. The van der Waals surface area contributed by atoms with Gasteiger partial charge in [0.2, 0.25) is 5.91 Å². The zero-order chi connectivity index (χ0) is 25.0. The van der Waals surface area contributed by atoms with Gasteiger partial charge in [-0.3, -0.25) is 9.59 Å². The Labute approximate surface area is 206 Å². The van der Waals surface area contributed by atoms with Gasteiger partial charge >= 0.3 is 0 Å². The van der Waals surface area contributed by atoms with Crippen molar-refractivity contribution in [1.82, 2.24) is 10.3 Å². The standard InChI is InChI=1S/C25H24N4O5S/c1-25(13-26)14-34-11-18-19(25)8-16(9-21(18)33-3)23(31)27-10-22(30)29-24-28-20(12-35-24)15-5-4-6-17(7-15)32-2/h4-9,12H,10-11,14H2,1-3H3,(H,27,31)(H,28,29,30)/t25-/m1/s1. The van der Waals surface area contributed by atoms with Crippen molar-refractivity contribution in [3.63, 3.8) is 0 Å². The number of aromatic nitrogens is 1. The van der Waals surface area contributed by atoms with Gasteiger partial charge in [-0.05, 0) is 36.8 Å². The molecule has 35 heavy (non-hydrogen) atoms. The summed E-state index contributed by atoms with van der Waals surface area (Å²) in [6, 6.07) is 13.0. The monoisotopic (exact) mass is 492 g/mol. The second kappa shape index (κ2) is 10.1. The topological polar surface area (TPSA) is 123 Å². The Bertz CT molecular complexity index is 1320. The van der Waals surface area contributed by atoms with E-state index < -0.39 is 17.2 Å². The molecule has 0 spiro atoms. The molecule has 2 heterocycles. The van der Waals surface area contributed by atoms with Crippen LogP contribution < -0.4 is 20.1 Å². The summed E-state index contributed by atoms with van der Waals surface area (Å²) in [7, 11) is 3.09. The van der Waals surface area contributed by atoms with Crippen LogP contribution in [-0.4, -0.2) is 44.2 Å². The fourth-order valence-electron chi connectivity index (χ4n) is 3.80. The minimum Gasteiger partial charge on any atom is -0.497 e. The maximum atomic E-state index is 12.8. The van der Waals surface area contributed by atoms with Crippen molar-refractivity contribution in [2.24, 2.45) is 0 Å². The zero-order valence-corrected chi connectivity index (χ0v) is 20.3. The number of carbonyl (C=O) groups is 2. The lowest BCUT2D eigenvalue weighted by molar-refractivity contribution is -0.115. The highest BCUT2D eigenvalue weighted by Gasteiger charge is 2.35. The van der Waals surface area contributed by atoms with E-state index in [0.717, 1.165) is 11.1 Å². The van der Waals surface area contributed by atoms with E-state index in [9.17, 15) is 14.9 Å². The second-order valence-corrected chi connectivity index (χ2v) is 9.00. The third-order valence-corrected chi connectivity index (χ3v) is 6.45. The number of anilines is 1. The van der Waals surface area contributed by atoms with Crippen molar-refractivity contribution in [2.45, 2.75) is 18.9 Å². The molecule has 1 aliphatic rings. The summed E-state index contributed by atoms with van der Waals surface area (Å²) in [6.07, 6.45) is 0. The number of hydrogen-bond donors (Lipinski definition) is 2. The van der Waals surface area contributed by atoms with Crippen LogP contribution in [0.2, 0.25) is 0 Å². The van der Waals surface area contributed by atoms with Crippen LogP contribution in [-0.2, 0) is 21.6 Å². The van der Waals surface area contributed by atoms with Crippen molar-refractivity contribution in [3.05, 3.63) is 58.5 Å². The van der Waals surface area contributed by atoms with Gasteiger partial charge < -0.3 is 24.8 Å². The summed E-state index contributed by atoms with van der Waals surface area (Å²) in [5, 5.41) is 17.2. The number of fused-ring (bicyclic) bond motifs is 1. The summed E-state index contributed by atoms with van der Waals surface area (Å²) in [5.74, 6) is 0.311. The summed E-state index contributed by atoms with van der Waals surface area (Å²) in [4.78, 5) is 29.7. The van der Waals surface area contributed by atoms with Crippen LogP contribution in [0.25, 0.3) is 11.3 Å². The smallest absolute Gasteiger partial charge is 0.251 e. The molecule has 0 fully saturated rings. The van der Waals surface area contributed by atoms with E-state index >= 15 is 0 Å². The Balaban J connectivity index is 1.42. The second-order valence-electron chi connectivity index (χ2n) is 8.14. The van der Waals surface area contributed by atoms with Crippen molar-refractivity contribution in [1.29, 1.82) is 5.26 Å². The largest absolute Gasteiger partial charge is 0.497 e. The minimum atomic E-state index is -0.903. The number of carbonyl (C=O) groups excluding carboxylic acids is 2. The molecule has 0 radical (unpaired) electrons. The third-order valence-electron chi connectivity index (χ3n) is 5.69. The van der Waals surface area contributed by atoms with Gasteiger partial charge in [0.05, 0.1) is 45.7 Å². The van der Waals surface area contributed by atoms with Crippen LogP contribution >= 0.6 is 11.3 Å². The molecule has 0 saturated carbocycles. The molecule has 10 heteroatoms. The molecule has 1 aliphatic heterocycles. The molecule has 2 N–H and O–H groups in total. The number of amides is 2. The van der Waals surface area contributed by atoms with Crippen molar-refractivity contribution < 1.29 is 23.8 Å². The van der Waals surface area contributed by atoms with Crippen LogP contribution in [0.3, 0.4) is 0 Å². The van der Waals surface area contributed by atoms with Crippen molar-refractivity contribution >= 4 is 28.3 Å². The third kappa shape index (κ3) is 5.11. The number of thiazole rings is 1. The van der Waals surface area contributed by atoms with Crippen LogP contribution in [0.15, 0.2) is 41.8 Å². The predicted molar refractivity (Wildman–Crippen MR) is 131 cm³/mol. The maximum absolute atomic E-state index is 12.8. The van der Waals surface area contributed by atoms with Crippen LogP contribution in [0.5, 0.6) is 11.5 Å². The van der Waals surface area contributed by atoms with E-state index in [1.54, 1.807) is 26.2 Å². The number of methoxy groups -OCH3 is 2. The van der Waals surface area contributed by atoms with Gasteiger partial charge in [-0.15, -0.1) is 11.3 Å².